The Labute approximate surface area is 144 Å². The zero-order chi connectivity index (χ0) is 17.2. The van der Waals surface area contributed by atoms with Gasteiger partial charge in [0.25, 0.3) is 9.05 Å². The number of aryl methyl sites for hydroxylation is 1. The molecule has 22 heavy (non-hydrogen) atoms. The molecule has 0 aliphatic heterocycles. The van der Waals surface area contributed by atoms with Crippen molar-refractivity contribution in [1.29, 1.82) is 0 Å². The lowest BCUT2D eigenvalue weighted by atomic mass is 10.2. The lowest BCUT2D eigenvalue weighted by Crippen LogP contribution is -1.89. The van der Waals surface area contributed by atoms with Crippen LogP contribution in [0.5, 0.6) is 0 Å². The van der Waals surface area contributed by atoms with Gasteiger partial charge in [0.05, 0.1) is 4.90 Å². The van der Waals surface area contributed by atoms with Crippen LogP contribution >= 0.6 is 32.0 Å². The highest BCUT2D eigenvalue weighted by Crippen LogP contribution is 2.14. The van der Waals surface area contributed by atoms with Crippen LogP contribution in [0.15, 0.2) is 65.6 Å². The molecule has 0 spiro atoms. The molecule has 2 aromatic carbocycles. The summed E-state index contributed by atoms with van der Waals surface area (Å²) >= 11 is 0. The van der Waals surface area contributed by atoms with Crippen molar-refractivity contribution in [3.8, 4) is 0 Å². The summed E-state index contributed by atoms with van der Waals surface area (Å²) in [6.45, 7) is 1.88. The first-order valence-electron chi connectivity index (χ1n) is 5.66. The summed E-state index contributed by atoms with van der Waals surface area (Å²) in [4.78, 5) is 0.143. The zero-order valence-corrected chi connectivity index (χ0v) is 15.3. The molecule has 0 aliphatic carbocycles. The minimum absolute atomic E-state index is 0.143. The molecule has 2 rings (SSSR count). The van der Waals surface area contributed by atoms with E-state index in [1.54, 1.807) is 12.1 Å². The van der Waals surface area contributed by atoms with Gasteiger partial charge in [0.2, 0.25) is 0 Å². The summed E-state index contributed by atoms with van der Waals surface area (Å²) in [6, 6.07) is 18.4. The van der Waals surface area contributed by atoms with Crippen LogP contribution < -0.4 is 0 Å². The number of benzene rings is 2. The van der Waals surface area contributed by atoms with Gasteiger partial charge in [0, 0.05) is 32.0 Å². The molecule has 0 N–H and O–H groups in total. The van der Waals surface area contributed by atoms with E-state index in [4.69, 9.17) is 19.1 Å². The molecule has 0 heterocycles. The number of halogens is 3. The maximum Gasteiger partial charge on any atom is 0.317 e. The van der Waals surface area contributed by atoms with Crippen molar-refractivity contribution >= 4 is 49.4 Å². The standard InChI is InChI=1S/C7H7ClO2S.C6H6.Cl2O2S/c1-6-2-4-7(5-3-6)11(8,9)10;1-2-4-6-5-3-1;1-5(2,3)4/h2-5H,1H3;1-6H;. The Morgan fingerprint density at radius 1 is 0.682 bits per heavy atom. The molecule has 2 aromatic rings. The monoisotopic (exact) mass is 402 g/mol. The van der Waals surface area contributed by atoms with Gasteiger partial charge in [-0.3, -0.25) is 0 Å². The molecule has 0 amide bonds. The van der Waals surface area contributed by atoms with Gasteiger partial charge in [0.1, 0.15) is 0 Å². The molecule has 0 atom stereocenters. The Morgan fingerprint density at radius 2 is 0.955 bits per heavy atom. The summed E-state index contributed by atoms with van der Waals surface area (Å²) in [7, 11) is 6.35. The maximum atomic E-state index is 10.7. The lowest BCUT2D eigenvalue weighted by Gasteiger charge is -1.94. The number of hydrogen-bond acceptors (Lipinski definition) is 4. The van der Waals surface area contributed by atoms with Gasteiger partial charge in [-0.15, -0.1) is 0 Å². The smallest absolute Gasteiger partial charge is 0.207 e. The van der Waals surface area contributed by atoms with Crippen molar-refractivity contribution in [3.05, 3.63) is 66.2 Å². The Morgan fingerprint density at radius 3 is 1.18 bits per heavy atom. The SMILES string of the molecule is Cc1ccc(S(=O)(=O)Cl)cc1.O=S(=O)(Cl)Cl.c1ccccc1. The summed E-state index contributed by atoms with van der Waals surface area (Å²) in [5.74, 6) is 0. The Bertz CT molecular complexity index is 709. The van der Waals surface area contributed by atoms with Gasteiger partial charge in [-0.25, -0.2) is 8.42 Å². The minimum Gasteiger partial charge on any atom is -0.207 e. The van der Waals surface area contributed by atoms with Crippen molar-refractivity contribution in [1.82, 2.24) is 0 Å². The van der Waals surface area contributed by atoms with Crippen LogP contribution in [0.1, 0.15) is 5.56 Å². The van der Waals surface area contributed by atoms with Crippen LogP contribution in [0.3, 0.4) is 0 Å². The Balaban J connectivity index is 0.000000338. The van der Waals surface area contributed by atoms with Gasteiger partial charge < -0.3 is 0 Å². The van der Waals surface area contributed by atoms with E-state index in [9.17, 15) is 8.42 Å². The topological polar surface area (TPSA) is 68.3 Å². The summed E-state index contributed by atoms with van der Waals surface area (Å²) in [5.41, 5.74) is 1.01. The van der Waals surface area contributed by atoms with Gasteiger partial charge >= 0.3 is 8.26 Å². The minimum atomic E-state index is -3.72. The van der Waals surface area contributed by atoms with E-state index in [1.807, 2.05) is 43.3 Å². The lowest BCUT2D eigenvalue weighted by molar-refractivity contribution is 0.609. The first kappa shape index (κ1) is 21.2. The predicted octanol–water partition coefficient (Wildman–Crippen LogP) is 4.32. The van der Waals surface area contributed by atoms with E-state index < -0.39 is 17.3 Å². The third-order valence-corrected chi connectivity index (χ3v) is 3.34. The van der Waals surface area contributed by atoms with Gasteiger partial charge in [-0.05, 0) is 19.1 Å². The van der Waals surface area contributed by atoms with E-state index in [-0.39, 0.29) is 4.90 Å². The van der Waals surface area contributed by atoms with Crippen molar-refractivity contribution in [2.75, 3.05) is 0 Å². The largest absolute Gasteiger partial charge is 0.317 e. The molecule has 4 nitrogen and oxygen atoms in total. The molecule has 0 fully saturated rings. The quantitative estimate of drug-likeness (QED) is 0.665. The highest BCUT2D eigenvalue weighted by Gasteiger charge is 2.07. The molecule has 9 heteroatoms. The van der Waals surface area contributed by atoms with E-state index in [0.717, 1.165) is 5.56 Å². The summed E-state index contributed by atoms with van der Waals surface area (Å²) in [6.07, 6.45) is 0. The highest BCUT2D eigenvalue weighted by atomic mass is 36.0. The van der Waals surface area contributed by atoms with Gasteiger partial charge in [-0.1, -0.05) is 54.1 Å². The van der Waals surface area contributed by atoms with E-state index >= 15 is 0 Å². The average molecular weight is 404 g/mol. The zero-order valence-electron chi connectivity index (χ0n) is 11.4. The molecule has 0 unspecified atom stereocenters. The van der Waals surface area contributed by atoms with E-state index in [2.05, 4.69) is 21.4 Å². The second-order valence-corrected chi connectivity index (χ2v) is 10.0. The van der Waals surface area contributed by atoms with Crippen molar-refractivity contribution in [3.63, 3.8) is 0 Å². The molecule has 0 aromatic heterocycles. The van der Waals surface area contributed by atoms with Crippen molar-refractivity contribution < 1.29 is 16.8 Å². The predicted molar refractivity (Wildman–Crippen MR) is 91.3 cm³/mol. The normalized spacial score (nSPS) is 10.5. The van der Waals surface area contributed by atoms with Crippen molar-refractivity contribution in [2.24, 2.45) is 0 Å². The Hall–Kier alpha value is -0.790. The fourth-order valence-corrected chi connectivity index (χ4v) is 1.86. The molecule has 0 radical (unpaired) electrons. The second-order valence-electron chi connectivity index (χ2n) is 3.78. The summed E-state index contributed by atoms with van der Waals surface area (Å²) < 4.78 is 39.7. The fraction of sp³-hybridized carbons (Fsp3) is 0.0769. The van der Waals surface area contributed by atoms with Gasteiger partial charge in [0.15, 0.2) is 0 Å². The molecule has 0 aliphatic rings. The summed E-state index contributed by atoms with van der Waals surface area (Å²) in [5, 5.41) is 0. The maximum absolute atomic E-state index is 10.7. The molecular weight excluding hydrogens is 391 g/mol. The highest BCUT2D eigenvalue weighted by molar-refractivity contribution is 8.31. The van der Waals surface area contributed by atoms with E-state index in [0.29, 0.717) is 0 Å². The van der Waals surface area contributed by atoms with Crippen LogP contribution in [0.4, 0.5) is 0 Å². The molecule has 0 saturated heterocycles. The third kappa shape index (κ3) is 14.2. The van der Waals surface area contributed by atoms with Crippen LogP contribution in [-0.2, 0) is 17.3 Å². The molecule has 0 bridgehead atoms. The van der Waals surface area contributed by atoms with Crippen LogP contribution in [0, 0.1) is 6.92 Å². The third-order valence-electron chi connectivity index (χ3n) is 1.97. The first-order chi connectivity index (χ1) is 10.00. The number of hydrogen-bond donors (Lipinski definition) is 0. The first-order valence-corrected chi connectivity index (χ1v) is 11.1. The Kier molecular flexibility index (Phi) is 9.71. The molecular formula is C13H13Cl3O4S2. The van der Waals surface area contributed by atoms with E-state index in [1.165, 1.54) is 12.1 Å². The number of rotatable bonds is 1. The molecule has 0 saturated carbocycles. The van der Waals surface area contributed by atoms with Crippen LogP contribution in [-0.4, -0.2) is 16.8 Å². The van der Waals surface area contributed by atoms with Crippen LogP contribution in [0.25, 0.3) is 0 Å². The average Bonchev–Trinajstić information content (AvgIpc) is 2.39. The van der Waals surface area contributed by atoms with Gasteiger partial charge in [-0.2, -0.15) is 8.42 Å². The van der Waals surface area contributed by atoms with Crippen molar-refractivity contribution in [2.45, 2.75) is 11.8 Å². The fourth-order valence-electron chi connectivity index (χ4n) is 1.09. The van der Waals surface area contributed by atoms with Crippen LogP contribution in [0.2, 0.25) is 0 Å². The second kappa shape index (κ2) is 10.1. The molecule has 122 valence electrons.